The number of nitrogens with zero attached hydrogens (tertiary/aromatic N) is 1. The van der Waals surface area contributed by atoms with Crippen LogP contribution in [0.15, 0.2) is 59.7 Å². The highest BCUT2D eigenvalue weighted by atomic mass is 16.3. The third-order valence-electron chi connectivity index (χ3n) is 3.64. The van der Waals surface area contributed by atoms with Gasteiger partial charge in [0, 0.05) is 5.92 Å². The van der Waals surface area contributed by atoms with E-state index in [-0.39, 0.29) is 17.6 Å². The van der Waals surface area contributed by atoms with Crippen LogP contribution in [0.2, 0.25) is 0 Å². The van der Waals surface area contributed by atoms with Crippen molar-refractivity contribution in [1.82, 2.24) is 5.43 Å². The second kappa shape index (κ2) is 5.79. The van der Waals surface area contributed by atoms with Crippen molar-refractivity contribution in [3.05, 3.63) is 65.7 Å². The number of hydrogen-bond acceptors (Lipinski definition) is 3. The first kappa shape index (κ1) is 13.4. The molecular formula is C17H16N2O2. The van der Waals surface area contributed by atoms with Gasteiger partial charge in [-0.05, 0) is 47.7 Å². The molecule has 1 aliphatic carbocycles. The summed E-state index contributed by atoms with van der Waals surface area (Å²) < 4.78 is 0. The second-order valence-corrected chi connectivity index (χ2v) is 5.19. The van der Waals surface area contributed by atoms with Crippen LogP contribution in [0.3, 0.4) is 0 Å². The lowest BCUT2D eigenvalue weighted by Gasteiger charge is -2.00. The van der Waals surface area contributed by atoms with Crippen molar-refractivity contribution in [2.75, 3.05) is 0 Å². The normalized spacial score (nSPS) is 20.4. The number of amides is 1. The molecule has 106 valence electrons. The molecule has 1 amide bonds. The minimum atomic E-state index is -0.0427. The average molecular weight is 280 g/mol. The lowest BCUT2D eigenvalue weighted by atomic mass is 10.1. The highest BCUT2D eigenvalue weighted by Crippen LogP contribution is 2.47. The van der Waals surface area contributed by atoms with Crippen LogP contribution in [-0.2, 0) is 4.79 Å². The SMILES string of the molecule is O=C(NN=Cc1ccc(O)cc1)C1CC1c1ccccc1. The lowest BCUT2D eigenvalue weighted by Crippen LogP contribution is -2.20. The van der Waals surface area contributed by atoms with E-state index in [1.165, 1.54) is 5.56 Å². The Kier molecular flexibility index (Phi) is 3.69. The fourth-order valence-corrected chi connectivity index (χ4v) is 2.37. The van der Waals surface area contributed by atoms with Crippen molar-refractivity contribution in [1.29, 1.82) is 0 Å². The summed E-state index contributed by atoms with van der Waals surface area (Å²) >= 11 is 0. The number of hydrazone groups is 1. The highest BCUT2D eigenvalue weighted by Gasteiger charge is 2.43. The van der Waals surface area contributed by atoms with Crippen molar-refractivity contribution in [2.24, 2.45) is 11.0 Å². The molecule has 0 aliphatic heterocycles. The van der Waals surface area contributed by atoms with Gasteiger partial charge in [0.25, 0.3) is 0 Å². The molecule has 2 N–H and O–H groups in total. The van der Waals surface area contributed by atoms with E-state index in [0.29, 0.717) is 5.92 Å². The van der Waals surface area contributed by atoms with Gasteiger partial charge in [-0.15, -0.1) is 0 Å². The number of phenols is 1. The third-order valence-corrected chi connectivity index (χ3v) is 3.64. The molecule has 1 fully saturated rings. The Hall–Kier alpha value is -2.62. The first-order valence-corrected chi connectivity index (χ1v) is 6.91. The summed E-state index contributed by atoms with van der Waals surface area (Å²) in [7, 11) is 0. The smallest absolute Gasteiger partial charge is 0.243 e. The van der Waals surface area contributed by atoms with E-state index in [4.69, 9.17) is 0 Å². The molecule has 2 aromatic carbocycles. The summed E-state index contributed by atoms with van der Waals surface area (Å²) in [6.45, 7) is 0. The van der Waals surface area contributed by atoms with Crippen molar-refractivity contribution in [2.45, 2.75) is 12.3 Å². The quantitative estimate of drug-likeness (QED) is 0.668. The standard InChI is InChI=1S/C17H16N2O2/c20-14-8-6-12(7-9-14)11-18-19-17(21)16-10-15(16)13-4-2-1-3-5-13/h1-9,11,15-16,20H,10H2,(H,19,21). The van der Waals surface area contributed by atoms with Crippen molar-refractivity contribution in [3.63, 3.8) is 0 Å². The molecule has 2 aromatic rings. The highest BCUT2D eigenvalue weighted by molar-refractivity contribution is 5.85. The largest absolute Gasteiger partial charge is 0.508 e. The molecule has 4 nitrogen and oxygen atoms in total. The van der Waals surface area contributed by atoms with Gasteiger partial charge in [-0.1, -0.05) is 30.3 Å². The van der Waals surface area contributed by atoms with Gasteiger partial charge >= 0.3 is 0 Å². The Morgan fingerprint density at radius 3 is 2.57 bits per heavy atom. The molecule has 0 radical (unpaired) electrons. The molecule has 4 heteroatoms. The number of hydrogen-bond donors (Lipinski definition) is 2. The molecule has 2 atom stereocenters. The Morgan fingerprint density at radius 2 is 1.86 bits per heavy atom. The summed E-state index contributed by atoms with van der Waals surface area (Å²) in [6.07, 6.45) is 2.45. The van der Waals surface area contributed by atoms with Gasteiger partial charge in [0.05, 0.1) is 6.21 Å². The molecular weight excluding hydrogens is 264 g/mol. The number of nitrogens with one attached hydrogen (secondary N) is 1. The topological polar surface area (TPSA) is 61.7 Å². The lowest BCUT2D eigenvalue weighted by molar-refractivity contribution is -0.122. The second-order valence-electron chi connectivity index (χ2n) is 5.19. The van der Waals surface area contributed by atoms with Crippen LogP contribution in [0, 0.1) is 5.92 Å². The Labute approximate surface area is 123 Å². The van der Waals surface area contributed by atoms with Gasteiger partial charge in [-0.25, -0.2) is 5.43 Å². The van der Waals surface area contributed by atoms with Gasteiger partial charge in [-0.2, -0.15) is 5.10 Å². The Bertz CT molecular complexity index is 650. The summed E-state index contributed by atoms with van der Waals surface area (Å²) in [6, 6.07) is 16.7. The van der Waals surface area contributed by atoms with E-state index in [1.807, 2.05) is 18.2 Å². The molecule has 3 rings (SSSR count). The molecule has 0 spiro atoms. The summed E-state index contributed by atoms with van der Waals surface area (Å²) in [5.74, 6) is 0.498. The molecule has 0 heterocycles. The molecule has 1 saturated carbocycles. The first-order valence-electron chi connectivity index (χ1n) is 6.91. The predicted molar refractivity (Wildman–Crippen MR) is 81.1 cm³/mol. The van der Waals surface area contributed by atoms with E-state index in [9.17, 15) is 9.90 Å². The van der Waals surface area contributed by atoms with Crippen LogP contribution < -0.4 is 5.43 Å². The number of carbonyl (C=O) groups is 1. The fraction of sp³-hybridized carbons (Fsp3) is 0.176. The van der Waals surface area contributed by atoms with Gasteiger partial charge in [0.1, 0.15) is 5.75 Å². The summed E-state index contributed by atoms with van der Waals surface area (Å²) in [4.78, 5) is 12.0. The van der Waals surface area contributed by atoms with Crippen LogP contribution >= 0.6 is 0 Å². The van der Waals surface area contributed by atoms with Crippen LogP contribution in [0.25, 0.3) is 0 Å². The van der Waals surface area contributed by atoms with E-state index >= 15 is 0 Å². The van der Waals surface area contributed by atoms with Crippen molar-refractivity contribution >= 4 is 12.1 Å². The molecule has 0 saturated heterocycles. The van der Waals surface area contributed by atoms with Crippen LogP contribution in [0.4, 0.5) is 0 Å². The molecule has 0 bridgehead atoms. The summed E-state index contributed by atoms with van der Waals surface area (Å²) in [5, 5.41) is 13.1. The number of phenolic OH excluding ortho intramolecular Hbond substituents is 1. The Morgan fingerprint density at radius 1 is 1.14 bits per heavy atom. The Balaban J connectivity index is 1.53. The van der Waals surface area contributed by atoms with Crippen LogP contribution in [-0.4, -0.2) is 17.2 Å². The maximum Gasteiger partial charge on any atom is 0.243 e. The van der Waals surface area contributed by atoms with E-state index in [2.05, 4.69) is 22.7 Å². The van der Waals surface area contributed by atoms with E-state index < -0.39 is 0 Å². The maximum atomic E-state index is 12.0. The maximum absolute atomic E-state index is 12.0. The van der Waals surface area contributed by atoms with E-state index in [0.717, 1.165) is 12.0 Å². The zero-order valence-corrected chi connectivity index (χ0v) is 11.4. The monoisotopic (exact) mass is 280 g/mol. The number of rotatable bonds is 4. The number of carbonyl (C=O) groups excluding carboxylic acids is 1. The minimum Gasteiger partial charge on any atom is -0.508 e. The zero-order chi connectivity index (χ0) is 14.7. The first-order chi connectivity index (χ1) is 10.2. The van der Waals surface area contributed by atoms with Gasteiger partial charge in [0.15, 0.2) is 0 Å². The van der Waals surface area contributed by atoms with Crippen LogP contribution in [0.1, 0.15) is 23.5 Å². The molecule has 1 aliphatic rings. The average Bonchev–Trinajstić information content (AvgIpc) is 3.31. The molecule has 0 aromatic heterocycles. The van der Waals surface area contributed by atoms with Crippen LogP contribution in [0.5, 0.6) is 5.75 Å². The summed E-state index contributed by atoms with van der Waals surface area (Å²) in [5.41, 5.74) is 4.61. The van der Waals surface area contributed by atoms with Gasteiger partial charge in [0.2, 0.25) is 5.91 Å². The number of aromatic hydroxyl groups is 1. The fourth-order valence-electron chi connectivity index (χ4n) is 2.37. The van der Waals surface area contributed by atoms with Crippen molar-refractivity contribution < 1.29 is 9.90 Å². The number of benzene rings is 2. The third kappa shape index (κ3) is 3.28. The zero-order valence-electron chi connectivity index (χ0n) is 11.4. The molecule has 2 unspecified atom stereocenters. The van der Waals surface area contributed by atoms with E-state index in [1.54, 1.807) is 30.5 Å². The minimum absolute atomic E-state index is 0.0179. The predicted octanol–water partition coefficient (Wildman–Crippen LogP) is 2.65. The van der Waals surface area contributed by atoms with Gasteiger partial charge in [-0.3, -0.25) is 4.79 Å². The van der Waals surface area contributed by atoms with Crippen molar-refractivity contribution in [3.8, 4) is 5.75 Å². The molecule has 21 heavy (non-hydrogen) atoms. The van der Waals surface area contributed by atoms with Gasteiger partial charge < -0.3 is 5.11 Å².